The highest BCUT2D eigenvalue weighted by Crippen LogP contribution is 2.28. The number of carboxylic acid groups (broad SMARTS) is 1. The van der Waals surface area contributed by atoms with Gasteiger partial charge in [-0.15, -0.1) is 0 Å². The van der Waals surface area contributed by atoms with Crippen molar-refractivity contribution in [1.82, 2.24) is 5.43 Å². The molecule has 0 radical (unpaired) electrons. The molecular formula is C20H22N2O7. The molecule has 0 spiro atoms. The molecule has 0 saturated heterocycles. The SMILES string of the molecule is COc1cc(OC)cc(C(=O)N/N=C(/C)c2ccc(OCC(=O)O)c(OC)c2)c1. The predicted molar refractivity (Wildman–Crippen MR) is 105 cm³/mol. The first-order valence-electron chi connectivity index (χ1n) is 8.48. The molecule has 0 aliphatic carbocycles. The number of nitrogens with zero attached hydrogens (tertiary/aromatic N) is 1. The zero-order valence-electron chi connectivity index (χ0n) is 16.5. The lowest BCUT2D eigenvalue weighted by molar-refractivity contribution is -0.139. The summed E-state index contributed by atoms with van der Waals surface area (Å²) in [5.74, 6) is 0.0792. The van der Waals surface area contributed by atoms with Gasteiger partial charge in [0.2, 0.25) is 0 Å². The Hall–Kier alpha value is -3.75. The number of amides is 1. The molecule has 0 atom stereocenters. The van der Waals surface area contributed by atoms with Crippen molar-refractivity contribution in [3.63, 3.8) is 0 Å². The molecule has 0 aliphatic heterocycles. The molecule has 29 heavy (non-hydrogen) atoms. The topological polar surface area (TPSA) is 116 Å². The number of hydrogen-bond acceptors (Lipinski definition) is 7. The van der Waals surface area contributed by atoms with Crippen LogP contribution in [0.1, 0.15) is 22.8 Å². The maximum Gasteiger partial charge on any atom is 0.341 e. The average Bonchev–Trinajstić information content (AvgIpc) is 2.74. The van der Waals surface area contributed by atoms with Gasteiger partial charge in [0, 0.05) is 17.2 Å². The minimum atomic E-state index is -1.09. The van der Waals surface area contributed by atoms with Crippen LogP contribution in [0.3, 0.4) is 0 Å². The summed E-state index contributed by atoms with van der Waals surface area (Å²) in [6.07, 6.45) is 0. The summed E-state index contributed by atoms with van der Waals surface area (Å²) in [6, 6.07) is 9.69. The molecule has 0 saturated carbocycles. The number of hydrogen-bond donors (Lipinski definition) is 2. The van der Waals surface area contributed by atoms with Gasteiger partial charge in [0.15, 0.2) is 18.1 Å². The molecule has 2 rings (SSSR count). The van der Waals surface area contributed by atoms with Crippen molar-refractivity contribution in [3.8, 4) is 23.0 Å². The van der Waals surface area contributed by atoms with E-state index in [1.165, 1.54) is 21.3 Å². The van der Waals surface area contributed by atoms with Crippen LogP contribution in [0.4, 0.5) is 0 Å². The van der Waals surface area contributed by atoms with Crippen LogP contribution >= 0.6 is 0 Å². The molecule has 9 heteroatoms. The molecule has 0 unspecified atom stereocenters. The normalized spacial score (nSPS) is 10.8. The third-order valence-corrected chi connectivity index (χ3v) is 3.87. The van der Waals surface area contributed by atoms with E-state index in [-0.39, 0.29) is 0 Å². The van der Waals surface area contributed by atoms with Gasteiger partial charge in [-0.25, -0.2) is 10.2 Å². The molecule has 9 nitrogen and oxygen atoms in total. The first kappa shape index (κ1) is 21.5. The van der Waals surface area contributed by atoms with Crippen molar-refractivity contribution >= 4 is 17.6 Å². The van der Waals surface area contributed by atoms with Gasteiger partial charge in [0.05, 0.1) is 27.0 Å². The molecular weight excluding hydrogens is 380 g/mol. The van der Waals surface area contributed by atoms with Gasteiger partial charge in [0.1, 0.15) is 11.5 Å². The van der Waals surface area contributed by atoms with Crippen LogP contribution in [0, 0.1) is 0 Å². The average molecular weight is 402 g/mol. The monoisotopic (exact) mass is 402 g/mol. The lowest BCUT2D eigenvalue weighted by atomic mass is 10.1. The van der Waals surface area contributed by atoms with E-state index in [4.69, 9.17) is 24.1 Å². The fourth-order valence-electron chi connectivity index (χ4n) is 2.35. The fourth-order valence-corrected chi connectivity index (χ4v) is 2.35. The smallest absolute Gasteiger partial charge is 0.341 e. The highest BCUT2D eigenvalue weighted by atomic mass is 16.5. The van der Waals surface area contributed by atoms with Crippen molar-refractivity contribution in [2.24, 2.45) is 5.10 Å². The van der Waals surface area contributed by atoms with E-state index in [0.29, 0.717) is 39.8 Å². The first-order valence-corrected chi connectivity index (χ1v) is 8.48. The number of hydrazone groups is 1. The number of benzene rings is 2. The molecule has 0 aromatic heterocycles. The van der Waals surface area contributed by atoms with E-state index >= 15 is 0 Å². The number of carbonyl (C=O) groups excluding carboxylic acids is 1. The van der Waals surface area contributed by atoms with E-state index in [1.807, 2.05) is 0 Å². The van der Waals surface area contributed by atoms with Gasteiger partial charge in [-0.3, -0.25) is 4.79 Å². The van der Waals surface area contributed by atoms with E-state index in [2.05, 4.69) is 10.5 Å². The van der Waals surface area contributed by atoms with Crippen LogP contribution in [0.2, 0.25) is 0 Å². The van der Waals surface area contributed by atoms with Crippen molar-refractivity contribution in [2.45, 2.75) is 6.92 Å². The summed E-state index contributed by atoms with van der Waals surface area (Å²) in [7, 11) is 4.43. The third-order valence-electron chi connectivity index (χ3n) is 3.87. The van der Waals surface area contributed by atoms with E-state index in [1.54, 1.807) is 43.3 Å². The van der Waals surface area contributed by atoms with Gasteiger partial charge >= 0.3 is 5.97 Å². The Morgan fingerprint density at radius 3 is 2.14 bits per heavy atom. The van der Waals surface area contributed by atoms with Crippen LogP contribution in [0.25, 0.3) is 0 Å². The third kappa shape index (κ3) is 5.86. The van der Waals surface area contributed by atoms with Crippen molar-refractivity contribution in [1.29, 1.82) is 0 Å². The molecule has 2 N–H and O–H groups in total. The van der Waals surface area contributed by atoms with Gasteiger partial charge in [-0.05, 0) is 37.3 Å². The zero-order valence-corrected chi connectivity index (χ0v) is 16.5. The molecule has 0 bridgehead atoms. The zero-order chi connectivity index (χ0) is 21.4. The Balaban J connectivity index is 2.16. The van der Waals surface area contributed by atoms with Crippen LogP contribution in [0.5, 0.6) is 23.0 Å². The van der Waals surface area contributed by atoms with Crippen molar-refractivity contribution < 1.29 is 33.6 Å². The summed E-state index contributed by atoms with van der Waals surface area (Å²) >= 11 is 0. The Kier molecular flexibility index (Phi) is 7.41. The van der Waals surface area contributed by atoms with Crippen molar-refractivity contribution in [2.75, 3.05) is 27.9 Å². The van der Waals surface area contributed by atoms with Crippen LogP contribution in [-0.2, 0) is 4.79 Å². The second kappa shape index (κ2) is 9.98. The molecule has 2 aromatic carbocycles. The minimum Gasteiger partial charge on any atom is -0.497 e. The fraction of sp³-hybridized carbons (Fsp3) is 0.250. The summed E-state index contributed by atoms with van der Waals surface area (Å²) in [5.41, 5.74) is 3.98. The highest BCUT2D eigenvalue weighted by molar-refractivity contribution is 6.01. The van der Waals surface area contributed by atoms with Gasteiger partial charge < -0.3 is 24.1 Å². The van der Waals surface area contributed by atoms with Crippen LogP contribution in [0.15, 0.2) is 41.5 Å². The summed E-state index contributed by atoms with van der Waals surface area (Å²) in [4.78, 5) is 23.1. The van der Waals surface area contributed by atoms with Crippen LogP contribution < -0.4 is 24.4 Å². The second-order valence-corrected chi connectivity index (χ2v) is 5.79. The van der Waals surface area contributed by atoms with Crippen molar-refractivity contribution in [3.05, 3.63) is 47.5 Å². The lowest BCUT2D eigenvalue weighted by Gasteiger charge is -2.11. The second-order valence-electron chi connectivity index (χ2n) is 5.79. The molecule has 154 valence electrons. The van der Waals surface area contributed by atoms with Crippen LogP contribution in [-0.4, -0.2) is 50.6 Å². The van der Waals surface area contributed by atoms with E-state index in [0.717, 1.165) is 0 Å². The Morgan fingerprint density at radius 1 is 0.931 bits per heavy atom. The Bertz CT molecular complexity index is 903. The van der Waals surface area contributed by atoms with E-state index in [9.17, 15) is 9.59 Å². The lowest BCUT2D eigenvalue weighted by Crippen LogP contribution is -2.19. The quantitative estimate of drug-likeness (QED) is 0.488. The highest BCUT2D eigenvalue weighted by Gasteiger charge is 2.12. The van der Waals surface area contributed by atoms with E-state index < -0.39 is 18.5 Å². The number of aliphatic carboxylic acids is 1. The van der Waals surface area contributed by atoms with Gasteiger partial charge in [-0.2, -0.15) is 5.10 Å². The summed E-state index contributed by atoms with van der Waals surface area (Å²) in [5, 5.41) is 12.8. The summed E-state index contributed by atoms with van der Waals surface area (Å²) < 4.78 is 20.7. The summed E-state index contributed by atoms with van der Waals surface area (Å²) in [6.45, 7) is 1.22. The number of carbonyl (C=O) groups is 2. The largest absolute Gasteiger partial charge is 0.497 e. The first-order chi connectivity index (χ1) is 13.9. The molecule has 1 amide bonds. The number of nitrogens with one attached hydrogen (secondary N) is 1. The number of carboxylic acids is 1. The molecule has 0 heterocycles. The predicted octanol–water partition coefficient (Wildman–Crippen LogP) is 2.33. The molecule has 0 fully saturated rings. The molecule has 2 aromatic rings. The maximum absolute atomic E-state index is 12.4. The number of methoxy groups -OCH3 is 3. The Labute approximate surface area is 167 Å². The minimum absolute atomic E-state index is 0.291. The van der Waals surface area contributed by atoms with Gasteiger partial charge in [0.25, 0.3) is 5.91 Å². The number of rotatable bonds is 9. The van der Waals surface area contributed by atoms with Gasteiger partial charge in [-0.1, -0.05) is 0 Å². The standard InChI is InChI=1S/C20H22N2O7/c1-12(13-5-6-17(18(9-13)28-4)29-11-19(23)24)21-22-20(25)14-7-15(26-2)10-16(8-14)27-3/h5-10H,11H2,1-4H3,(H,22,25)(H,23,24)/b21-12-. The number of ether oxygens (including phenoxy) is 4. The molecule has 0 aliphatic rings. The Morgan fingerprint density at radius 2 is 1.59 bits per heavy atom. The maximum atomic E-state index is 12.4.